The van der Waals surface area contributed by atoms with Gasteiger partial charge in [0.25, 0.3) is 0 Å². The second-order valence-corrected chi connectivity index (χ2v) is 6.32. The van der Waals surface area contributed by atoms with Crippen LogP contribution in [0.25, 0.3) is 0 Å². The first kappa shape index (κ1) is 14.4. The molecule has 1 unspecified atom stereocenters. The molecule has 5 nitrogen and oxygen atoms in total. The van der Waals surface area contributed by atoms with Crippen molar-refractivity contribution < 1.29 is 9.29 Å². The average molecular weight is 344 g/mol. The molecule has 0 fully saturated rings. The molecule has 7 heteroatoms. The maximum Gasteiger partial charge on any atom is 0.321 e. The second-order valence-electron chi connectivity index (χ2n) is 4.23. The minimum Gasteiger partial charge on any atom is -0.612 e. The summed E-state index contributed by atoms with van der Waals surface area (Å²) in [5, 5.41) is 4.20. The van der Waals surface area contributed by atoms with Gasteiger partial charge in [-0.3, -0.25) is 0 Å². The van der Waals surface area contributed by atoms with Crippen molar-refractivity contribution in [3.05, 3.63) is 29.0 Å². The van der Waals surface area contributed by atoms with Gasteiger partial charge in [0.15, 0.2) is 4.90 Å². The zero-order valence-corrected chi connectivity index (χ0v) is 13.2. The predicted molar refractivity (Wildman–Crippen MR) is 77.0 cm³/mol. The Balaban J connectivity index is 2.28. The molecule has 0 amide bonds. The fourth-order valence-corrected chi connectivity index (χ4v) is 2.39. The summed E-state index contributed by atoms with van der Waals surface area (Å²) >= 11 is 2.19. The van der Waals surface area contributed by atoms with Crippen molar-refractivity contribution in [3.8, 4) is 11.8 Å². The minimum absolute atomic E-state index is 0.136. The number of hydrogen-bond acceptors (Lipinski definition) is 4. The van der Waals surface area contributed by atoms with Crippen LogP contribution in [0.3, 0.4) is 0 Å². The van der Waals surface area contributed by atoms with Crippen LogP contribution in [-0.2, 0) is 11.2 Å². The van der Waals surface area contributed by atoms with Crippen LogP contribution in [0.4, 0.5) is 0 Å². The number of halogens is 1. The Morgan fingerprint density at radius 2 is 2.16 bits per heavy atom. The standard InChI is InChI=1S/C12H14BrN3O2S/c1-8(2)16-12(14-11(13)15-16)18-9-5-4-6-10(7-9)19(3)17/h4-8H,1-3H3. The van der Waals surface area contributed by atoms with Gasteiger partial charge in [-0.25, -0.2) is 4.68 Å². The van der Waals surface area contributed by atoms with E-state index in [9.17, 15) is 4.55 Å². The van der Waals surface area contributed by atoms with Crippen LogP contribution in [0.5, 0.6) is 11.8 Å². The van der Waals surface area contributed by atoms with Crippen molar-refractivity contribution in [1.29, 1.82) is 0 Å². The fraction of sp³-hybridized carbons (Fsp3) is 0.333. The third-order valence-electron chi connectivity index (χ3n) is 2.41. The Kier molecular flexibility index (Phi) is 4.49. The summed E-state index contributed by atoms with van der Waals surface area (Å²) in [7, 11) is 0. The monoisotopic (exact) mass is 343 g/mol. The molecule has 0 saturated heterocycles. The van der Waals surface area contributed by atoms with Gasteiger partial charge < -0.3 is 9.29 Å². The van der Waals surface area contributed by atoms with Crippen LogP contribution in [0.1, 0.15) is 19.9 Å². The number of rotatable bonds is 4. The number of hydrogen-bond donors (Lipinski definition) is 0. The summed E-state index contributed by atoms with van der Waals surface area (Å²) in [5.41, 5.74) is 0. The summed E-state index contributed by atoms with van der Waals surface area (Å²) in [4.78, 5) is 4.89. The van der Waals surface area contributed by atoms with E-state index in [1.165, 1.54) is 0 Å². The normalized spacial score (nSPS) is 12.7. The second kappa shape index (κ2) is 5.94. The van der Waals surface area contributed by atoms with Crippen LogP contribution in [-0.4, -0.2) is 25.6 Å². The van der Waals surface area contributed by atoms with Gasteiger partial charge in [0.1, 0.15) is 12.0 Å². The van der Waals surface area contributed by atoms with E-state index in [0.29, 0.717) is 21.4 Å². The quantitative estimate of drug-likeness (QED) is 0.800. The molecular formula is C12H14BrN3O2S. The summed E-state index contributed by atoms with van der Waals surface area (Å²) < 4.78 is 19.3. The van der Waals surface area contributed by atoms with Gasteiger partial charge in [0.05, 0.1) is 6.04 Å². The van der Waals surface area contributed by atoms with Gasteiger partial charge >= 0.3 is 6.01 Å². The van der Waals surface area contributed by atoms with E-state index in [2.05, 4.69) is 26.0 Å². The SMILES string of the molecule is CC(C)n1nc(Br)nc1Oc1cccc([S+](C)[O-])c1. The Morgan fingerprint density at radius 1 is 1.42 bits per heavy atom. The van der Waals surface area contributed by atoms with Crippen LogP contribution >= 0.6 is 15.9 Å². The molecule has 1 heterocycles. The predicted octanol–water partition coefficient (Wildman–Crippen LogP) is 3.15. The minimum atomic E-state index is -1.04. The maximum absolute atomic E-state index is 11.4. The van der Waals surface area contributed by atoms with Crippen molar-refractivity contribution in [2.75, 3.05) is 6.26 Å². The van der Waals surface area contributed by atoms with Crippen LogP contribution in [0, 0.1) is 0 Å². The van der Waals surface area contributed by atoms with E-state index >= 15 is 0 Å². The molecule has 19 heavy (non-hydrogen) atoms. The Morgan fingerprint density at radius 3 is 2.79 bits per heavy atom. The summed E-state index contributed by atoms with van der Waals surface area (Å²) in [5.74, 6) is 0.592. The van der Waals surface area contributed by atoms with Gasteiger partial charge in [0.2, 0.25) is 4.73 Å². The Bertz CT molecular complexity index is 572. The van der Waals surface area contributed by atoms with Gasteiger partial charge in [-0.05, 0) is 53.1 Å². The number of benzene rings is 1. The first-order valence-electron chi connectivity index (χ1n) is 5.70. The van der Waals surface area contributed by atoms with Crippen LogP contribution in [0.15, 0.2) is 33.9 Å². The third kappa shape index (κ3) is 3.49. The molecule has 1 atom stereocenters. The third-order valence-corrected chi connectivity index (χ3v) is 3.66. The first-order valence-corrected chi connectivity index (χ1v) is 8.06. The first-order chi connectivity index (χ1) is 8.97. The van der Waals surface area contributed by atoms with Crippen molar-refractivity contribution in [2.45, 2.75) is 24.8 Å². The highest BCUT2D eigenvalue weighted by molar-refractivity contribution is 9.10. The summed E-state index contributed by atoms with van der Waals surface area (Å²) in [6.45, 7) is 3.98. The van der Waals surface area contributed by atoms with Crippen molar-refractivity contribution in [2.24, 2.45) is 0 Å². The molecule has 1 aromatic heterocycles. The number of ether oxygens (including phenoxy) is 1. The molecule has 0 spiro atoms. The van der Waals surface area contributed by atoms with Crippen LogP contribution in [0.2, 0.25) is 0 Å². The number of aromatic nitrogens is 3. The highest BCUT2D eigenvalue weighted by Crippen LogP contribution is 2.25. The lowest BCUT2D eigenvalue weighted by molar-refractivity contribution is 0.375. The van der Waals surface area contributed by atoms with Crippen LogP contribution < -0.4 is 4.74 Å². The molecule has 1 aromatic carbocycles. The molecule has 0 radical (unpaired) electrons. The molecule has 0 aliphatic rings. The molecule has 0 aliphatic carbocycles. The lowest BCUT2D eigenvalue weighted by atomic mass is 10.3. The molecule has 0 aliphatic heterocycles. The molecule has 2 aromatic rings. The van der Waals surface area contributed by atoms with Gasteiger partial charge in [-0.1, -0.05) is 6.07 Å². The molecule has 2 rings (SSSR count). The highest BCUT2D eigenvalue weighted by atomic mass is 79.9. The van der Waals surface area contributed by atoms with Crippen molar-refractivity contribution in [3.63, 3.8) is 0 Å². The Labute approximate surface area is 123 Å². The van der Waals surface area contributed by atoms with Gasteiger partial charge in [-0.2, -0.15) is 4.98 Å². The molecule has 0 bridgehead atoms. The average Bonchev–Trinajstić information content (AvgIpc) is 2.70. The van der Waals surface area contributed by atoms with E-state index in [4.69, 9.17) is 4.74 Å². The van der Waals surface area contributed by atoms with Gasteiger partial charge in [-0.15, -0.1) is 5.10 Å². The van der Waals surface area contributed by atoms with E-state index in [1.54, 1.807) is 35.2 Å². The van der Waals surface area contributed by atoms with E-state index in [1.807, 2.05) is 13.8 Å². The zero-order valence-electron chi connectivity index (χ0n) is 10.8. The van der Waals surface area contributed by atoms with E-state index in [-0.39, 0.29) is 6.04 Å². The zero-order chi connectivity index (χ0) is 14.0. The largest absolute Gasteiger partial charge is 0.612 e. The van der Waals surface area contributed by atoms with Crippen molar-refractivity contribution in [1.82, 2.24) is 14.8 Å². The molecule has 102 valence electrons. The molecular weight excluding hydrogens is 330 g/mol. The highest BCUT2D eigenvalue weighted by Gasteiger charge is 2.14. The van der Waals surface area contributed by atoms with E-state index in [0.717, 1.165) is 0 Å². The van der Waals surface area contributed by atoms with Gasteiger partial charge in [0, 0.05) is 6.07 Å². The topological polar surface area (TPSA) is 63.0 Å². The lowest BCUT2D eigenvalue weighted by Gasteiger charge is -2.10. The number of nitrogens with zero attached hydrogens (tertiary/aromatic N) is 3. The van der Waals surface area contributed by atoms with Crippen molar-refractivity contribution >= 4 is 27.1 Å². The fourth-order valence-electron chi connectivity index (χ4n) is 1.51. The van der Waals surface area contributed by atoms with E-state index < -0.39 is 11.2 Å². The summed E-state index contributed by atoms with van der Waals surface area (Å²) in [6, 6.07) is 7.68. The Hall–Kier alpha value is -1.05. The molecule has 0 saturated carbocycles. The lowest BCUT2D eigenvalue weighted by Crippen LogP contribution is -2.05. The summed E-state index contributed by atoms with van der Waals surface area (Å²) in [6.07, 6.45) is 1.63. The molecule has 0 N–H and O–H groups in total. The maximum atomic E-state index is 11.4. The smallest absolute Gasteiger partial charge is 0.321 e.